The SMILES string of the molecule is Cc1cccc(CC(CN)c2c[nH]c3ccccc23)c1. The summed E-state index contributed by atoms with van der Waals surface area (Å²) in [5, 5.41) is 1.29. The lowest BCUT2D eigenvalue weighted by Gasteiger charge is -2.14. The molecule has 1 heterocycles. The lowest BCUT2D eigenvalue weighted by atomic mass is 9.91. The highest BCUT2D eigenvalue weighted by atomic mass is 14.7. The molecule has 1 aromatic heterocycles. The third-order valence-electron chi connectivity index (χ3n) is 3.91. The average Bonchev–Trinajstić information content (AvgIpc) is 2.89. The van der Waals surface area contributed by atoms with E-state index in [2.05, 4.69) is 66.6 Å². The predicted octanol–water partition coefficient (Wildman–Crippen LogP) is 3.76. The van der Waals surface area contributed by atoms with Gasteiger partial charge in [-0.15, -0.1) is 0 Å². The fraction of sp³-hybridized carbons (Fsp3) is 0.222. The Balaban J connectivity index is 1.93. The second-order valence-electron chi connectivity index (χ2n) is 5.42. The molecule has 0 saturated carbocycles. The van der Waals surface area contributed by atoms with E-state index in [1.54, 1.807) is 0 Å². The Kier molecular flexibility index (Phi) is 3.57. The van der Waals surface area contributed by atoms with Gasteiger partial charge in [-0.2, -0.15) is 0 Å². The molecule has 2 heteroatoms. The number of rotatable bonds is 4. The number of hydrogen-bond donors (Lipinski definition) is 2. The quantitative estimate of drug-likeness (QED) is 0.740. The van der Waals surface area contributed by atoms with Gasteiger partial charge in [0, 0.05) is 23.0 Å². The average molecular weight is 264 g/mol. The van der Waals surface area contributed by atoms with Crippen molar-refractivity contribution in [1.29, 1.82) is 0 Å². The number of benzene rings is 2. The molecule has 0 saturated heterocycles. The Labute approximate surface area is 119 Å². The zero-order chi connectivity index (χ0) is 13.9. The van der Waals surface area contributed by atoms with Crippen LogP contribution in [0.25, 0.3) is 10.9 Å². The third-order valence-corrected chi connectivity index (χ3v) is 3.91. The Bertz CT molecular complexity index is 712. The van der Waals surface area contributed by atoms with Gasteiger partial charge in [0.2, 0.25) is 0 Å². The van der Waals surface area contributed by atoms with Gasteiger partial charge in [-0.05, 0) is 37.1 Å². The summed E-state index contributed by atoms with van der Waals surface area (Å²) in [4.78, 5) is 3.34. The molecule has 0 spiro atoms. The van der Waals surface area contributed by atoms with Gasteiger partial charge in [-0.25, -0.2) is 0 Å². The molecular formula is C18H20N2. The molecule has 2 nitrogen and oxygen atoms in total. The van der Waals surface area contributed by atoms with E-state index in [0.29, 0.717) is 12.5 Å². The van der Waals surface area contributed by atoms with E-state index in [-0.39, 0.29) is 0 Å². The molecular weight excluding hydrogens is 244 g/mol. The molecule has 3 rings (SSSR count). The van der Waals surface area contributed by atoms with E-state index >= 15 is 0 Å². The van der Waals surface area contributed by atoms with Crippen molar-refractivity contribution in [2.75, 3.05) is 6.54 Å². The van der Waals surface area contributed by atoms with E-state index in [9.17, 15) is 0 Å². The summed E-state index contributed by atoms with van der Waals surface area (Å²) in [6, 6.07) is 17.1. The maximum atomic E-state index is 6.03. The first-order chi connectivity index (χ1) is 9.78. The highest BCUT2D eigenvalue weighted by Gasteiger charge is 2.15. The first-order valence-corrected chi connectivity index (χ1v) is 7.09. The van der Waals surface area contributed by atoms with Gasteiger partial charge >= 0.3 is 0 Å². The van der Waals surface area contributed by atoms with E-state index < -0.39 is 0 Å². The van der Waals surface area contributed by atoms with Crippen molar-refractivity contribution in [3.63, 3.8) is 0 Å². The molecule has 20 heavy (non-hydrogen) atoms. The first kappa shape index (κ1) is 12.9. The summed E-state index contributed by atoms with van der Waals surface area (Å²) < 4.78 is 0. The number of fused-ring (bicyclic) bond motifs is 1. The molecule has 0 aliphatic heterocycles. The summed E-state index contributed by atoms with van der Waals surface area (Å²) >= 11 is 0. The summed E-state index contributed by atoms with van der Waals surface area (Å²) in [5.74, 6) is 0.355. The minimum absolute atomic E-state index is 0.355. The Hall–Kier alpha value is -2.06. The highest BCUT2D eigenvalue weighted by Crippen LogP contribution is 2.27. The number of nitrogens with one attached hydrogen (secondary N) is 1. The summed E-state index contributed by atoms with van der Waals surface area (Å²) in [7, 11) is 0. The van der Waals surface area contributed by atoms with Crippen LogP contribution in [0, 0.1) is 6.92 Å². The molecule has 1 atom stereocenters. The number of aromatic nitrogens is 1. The first-order valence-electron chi connectivity index (χ1n) is 7.09. The van der Waals surface area contributed by atoms with Gasteiger partial charge in [0.15, 0.2) is 0 Å². The van der Waals surface area contributed by atoms with Crippen molar-refractivity contribution in [3.8, 4) is 0 Å². The third kappa shape index (κ3) is 2.47. The lowest BCUT2D eigenvalue weighted by molar-refractivity contribution is 0.699. The van der Waals surface area contributed by atoms with Crippen molar-refractivity contribution < 1.29 is 0 Å². The number of nitrogens with two attached hydrogens (primary N) is 1. The molecule has 0 aliphatic carbocycles. The Morgan fingerprint density at radius 1 is 1.10 bits per heavy atom. The zero-order valence-electron chi connectivity index (χ0n) is 11.8. The van der Waals surface area contributed by atoms with E-state index in [0.717, 1.165) is 6.42 Å². The standard InChI is InChI=1S/C18H20N2/c1-13-5-4-6-14(9-13)10-15(11-19)17-12-20-18-8-3-2-7-16(17)18/h2-9,12,15,20H,10-11,19H2,1H3. The van der Waals surface area contributed by atoms with Crippen LogP contribution in [-0.4, -0.2) is 11.5 Å². The van der Waals surface area contributed by atoms with Crippen LogP contribution in [0.15, 0.2) is 54.7 Å². The fourth-order valence-electron chi connectivity index (χ4n) is 2.88. The second kappa shape index (κ2) is 5.51. The van der Waals surface area contributed by atoms with Crippen LogP contribution in [-0.2, 0) is 6.42 Å². The van der Waals surface area contributed by atoms with Gasteiger partial charge in [0.1, 0.15) is 0 Å². The monoisotopic (exact) mass is 264 g/mol. The summed E-state index contributed by atoms with van der Waals surface area (Å²) in [6.07, 6.45) is 3.10. The molecule has 0 radical (unpaired) electrons. The summed E-state index contributed by atoms with van der Waals surface area (Å²) in [5.41, 5.74) is 11.2. The van der Waals surface area contributed by atoms with Crippen LogP contribution in [0.1, 0.15) is 22.6 Å². The van der Waals surface area contributed by atoms with Crippen molar-refractivity contribution in [2.45, 2.75) is 19.3 Å². The Morgan fingerprint density at radius 3 is 2.75 bits per heavy atom. The van der Waals surface area contributed by atoms with Crippen molar-refractivity contribution in [1.82, 2.24) is 4.98 Å². The van der Waals surface area contributed by atoms with Crippen LogP contribution in [0.3, 0.4) is 0 Å². The number of hydrogen-bond acceptors (Lipinski definition) is 1. The smallest absolute Gasteiger partial charge is 0.0456 e. The topological polar surface area (TPSA) is 41.8 Å². The van der Waals surface area contributed by atoms with E-state index in [1.807, 2.05) is 0 Å². The second-order valence-corrected chi connectivity index (χ2v) is 5.42. The van der Waals surface area contributed by atoms with Crippen LogP contribution < -0.4 is 5.73 Å². The maximum Gasteiger partial charge on any atom is 0.0456 e. The van der Waals surface area contributed by atoms with Crippen molar-refractivity contribution >= 4 is 10.9 Å². The lowest BCUT2D eigenvalue weighted by Crippen LogP contribution is -2.14. The molecule has 0 aliphatic rings. The van der Waals surface area contributed by atoms with Gasteiger partial charge in [0.25, 0.3) is 0 Å². The fourth-order valence-corrected chi connectivity index (χ4v) is 2.88. The normalized spacial score (nSPS) is 12.7. The molecule has 2 aromatic carbocycles. The van der Waals surface area contributed by atoms with Crippen LogP contribution in [0.5, 0.6) is 0 Å². The molecule has 3 N–H and O–H groups in total. The predicted molar refractivity (Wildman–Crippen MR) is 85.0 cm³/mol. The number of aromatic amines is 1. The molecule has 3 aromatic rings. The van der Waals surface area contributed by atoms with Crippen LogP contribution in [0.4, 0.5) is 0 Å². The largest absolute Gasteiger partial charge is 0.361 e. The van der Waals surface area contributed by atoms with Crippen LogP contribution >= 0.6 is 0 Å². The van der Waals surface area contributed by atoms with Gasteiger partial charge in [0.05, 0.1) is 0 Å². The molecule has 0 amide bonds. The number of aryl methyl sites for hydroxylation is 1. The minimum Gasteiger partial charge on any atom is -0.361 e. The van der Waals surface area contributed by atoms with Crippen LogP contribution in [0.2, 0.25) is 0 Å². The van der Waals surface area contributed by atoms with Gasteiger partial charge in [-0.1, -0.05) is 48.0 Å². The van der Waals surface area contributed by atoms with E-state index in [4.69, 9.17) is 5.73 Å². The van der Waals surface area contributed by atoms with Gasteiger partial charge in [-0.3, -0.25) is 0 Å². The van der Waals surface area contributed by atoms with Gasteiger partial charge < -0.3 is 10.7 Å². The Morgan fingerprint density at radius 2 is 1.95 bits per heavy atom. The molecule has 0 bridgehead atoms. The van der Waals surface area contributed by atoms with Crippen molar-refractivity contribution in [3.05, 3.63) is 71.4 Å². The minimum atomic E-state index is 0.355. The zero-order valence-corrected chi connectivity index (χ0v) is 11.8. The number of H-pyrrole nitrogens is 1. The summed E-state index contributed by atoms with van der Waals surface area (Å²) in [6.45, 7) is 2.79. The van der Waals surface area contributed by atoms with Crippen molar-refractivity contribution in [2.24, 2.45) is 5.73 Å². The van der Waals surface area contributed by atoms with E-state index in [1.165, 1.54) is 27.6 Å². The molecule has 102 valence electrons. The number of para-hydroxylation sites is 1. The highest BCUT2D eigenvalue weighted by molar-refractivity contribution is 5.83. The molecule has 1 unspecified atom stereocenters. The maximum absolute atomic E-state index is 6.03. The molecule has 0 fully saturated rings.